The molecule has 2 saturated heterocycles. The van der Waals surface area contributed by atoms with Crippen LogP contribution in [0.2, 0.25) is 0 Å². The Morgan fingerprint density at radius 2 is 2.17 bits per heavy atom. The fraction of sp³-hybridized carbons (Fsp3) is 0.476. The number of sulfone groups is 1. The van der Waals surface area contributed by atoms with Gasteiger partial charge in [-0.2, -0.15) is 0 Å². The zero-order chi connectivity index (χ0) is 20.9. The maximum absolute atomic E-state index is 12.9. The molecular formula is C21H25N5O3S. The summed E-state index contributed by atoms with van der Waals surface area (Å²) in [5.41, 5.74) is 2.24. The van der Waals surface area contributed by atoms with Gasteiger partial charge in [-0.3, -0.25) is 4.98 Å². The van der Waals surface area contributed by atoms with Gasteiger partial charge >= 0.3 is 0 Å². The normalized spacial score (nSPS) is 26.3. The van der Waals surface area contributed by atoms with Crippen molar-refractivity contribution in [2.45, 2.75) is 37.5 Å². The number of fused-ring (bicyclic) bond motifs is 1. The summed E-state index contributed by atoms with van der Waals surface area (Å²) in [4.78, 5) is 19.3. The number of nitrogens with one attached hydrogen (secondary N) is 1. The summed E-state index contributed by atoms with van der Waals surface area (Å²) in [6, 6.07) is 3.97. The highest BCUT2D eigenvalue weighted by Crippen LogP contribution is 2.42. The molecule has 3 aromatic heterocycles. The molecule has 5 rings (SSSR count). The molecule has 0 amide bonds. The summed E-state index contributed by atoms with van der Waals surface area (Å²) < 4.78 is 30.5. The van der Waals surface area contributed by atoms with Crippen molar-refractivity contribution in [1.82, 2.24) is 19.9 Å². The first-order valence-corrected chi connectivity index (χ1v) is 11.9. The van der Waals surface area contributed by atoms with Crippen LogP contribution in [0.25, 0.3) is 22.3 Å². The standard InChI is InChI=1S/C21H25N5O3S/c1-14-13-29-8-7-26(14)19-10-18(21(2)5-3-9-30(21,27)28)24-20(25-19)16-11-22-12-17-15(16)4-6-23-17/h4,6,10-12,14,23H,3,5,7-9,13H2,1-2H3/t14-,21+/m1/s1. The van der Waals surface area contributed by atoms with Crippen LogP contribution in [0.15, 0.2) is 30.7 Å². The van der Waals surface area contributed by atoms with Crippen molar-refractivity contribution in [3.63, 3.8) is 0 Å². The van der Waals surface area contributed by atoms with E-state index >= 15 is 0 Å². The molecule has 2 atom stereocenters. The van der Waals surface area contributed by atoms with E-state index in [9.17, 15) is 8.42 Å². The fourth-order valence-electron chi connectivity index (χ4n) is 4.47. The van der Waals surface area contributed by atoms with Gasteiger partial charge in [0.05, 0.1) is 42.4 Å². The van der Waals surface area contributed by atoms with E-state index in [1.54, 1.807) is 19.3 Å². The van der Waals surface area contributed by atoms with Crippen LogP contribution >= 0.6 is 0 Å². The lowest BCUT2D eigenvalue weighted by Gasteiger charge is -2.35. The highest BCUT2D eigenvalue weighted by atomic mass is 32.2. The Morgan fingerprint density at radius 1 is 1.30 bits per heavy atom. The third-order valence-corrected chi connectivity index (χ3v) is 9.00. The summed E-state index contributed by atoms with van der Waals surface area (Å²) in [5, 5.41) is 0.961. The number of hydrogen-bond donors (Lipinski definition) is 1. The first-order valence-electron chi connectivity index (χ1n) is 10.3. The number of morpholine rings is 1. The van der Waals surface area contributed by atoms with Gasteiger partial charge in [-0.05, 0) is 32.8 Å². The third kappa shape index (κ3) is 2.99. The summed E-state index contributed by atoms with van der Waals surface area (Å²) in [5.74, 6) is 1.44. The minimum absolute atomic E-state index is 0.142. The van der Waals surface area contributed by atoms with Crippen molar-refractivity contribution < 1.29 is 13.2 Å². The molecule has 0 aliphatic carbocycles. The number of hydrogen-bond acceptors (Lipinski definition) is 7. The number of aromatic amines is 1. The van der Waals surface area contributed by atoms with Crippen LogP contribution < -0.4 is 4.90 Å². The van der Waals surface area contributed by atoms with Crippen LogP contribution in [0, 0.1) is 0 Å². The van der Waals surface area contributed by atoms with E-state index < -0.39 is 14.6 Å². The van der Waals surface area contributed by atoms with Crippen LogP contribution in [0.5, 0.6) is 0 Å². The molecule has 0 spiro atoms. The number of aromatic nitrogens is 4. The predicted octanol–water partition coefficient (Wildman–Crippen LogP) is 2.67. The second kappa shape index (κ2) is 7.02. The third-order valence-electron chi connectivity index (χ3n) is 6.39. The van der Waals surface area contributed by atoms with E-state index in [0.717, 1.165) is 22.3 Å². The number of rotatable bonds is 3. The molecule has 0 unspecified atom stereocenters. The Hall–Kier alpha value is -2.52. The molecular weight excluding hydrogens is 402 g/mol. The fourth-order valence-corrected chi connectivity index (χ4v) is 6.32. The van der Waals surface area contributed by atoms with E-state index in [-0.39, 0.29) is 11.8 Å². The van der Waals surface area contributed by atoms with Crippen molar-refractivity contribution in [2.24, 2.45) is 0 Å². The first kappa shape index (κ1) is 19.4. The van der Waals surface area contributed by atoms with Crippen LogP contribution in [-0.4, -0.2) is 59.9 Å². The van der Waals surface area contributed by atoms with Crippen LogP contribution in [0.3, 0.4) is 0 Å². The van der Waals surface area contributed by atoms with Crippen molar-refractivity contribution in [2.75, 3.05) is 30.4 Å². The van der Waals surface area contributed by atoms with E-state index in [4.69, 9.17) is 14.7 Å². The maximum Gasteiger partial charge on any atom is 0.164 e. The number of pyridine rings is 1. The van der Waals surface area contributed by atoms with Crippen molar-refractivity contribution >= 4 is 26.6 Å². The Kier molecular flexibility index (Phi) is 4.55. The van der Waals surface area contributed by atoms with Gasteiger partial charge < -0.3 is 14.6 Å². The molecule has 2 aliphatic rings. The Labute approximate surface area is 175 Å². The van der Waals surface area contributed by atoms with Crippen LogP contribution in [0.1, 0.15) is 32.4 Å². The van der Waals surface area contributed by atoms with Crippen molar-refractivity contribution in [1.29, 1.82) is 0 Å². The minimum Gasteiger partial charge on any atom is -0.377 e. The van der Waals surface area contributed by atoms with Gasteiger partial charge in [-0.1, -0.05) is 0 Å². The molecule has 0 saturated carbocycles. The molecule has 0 bridgehead atoms. The van der Waals surface area contributed by atoms with Crippen molar-refractivity contribution in [3.05, 3.63) is 36.4 Å². The topological polar surface area (TPSA) is 101 Å². The summed E-state index contributed by atoms with van der Waals surface area (Å²) in [6.07, 6.45) is 6.57. The molecule has 2 fully saturated rings. The zero-order valence-electron chi connectivity index (χ0n) is 17.1. The Balaban J connectivity index is 1.73. The summed E-state index contributed by atoms with van der Waals surface area (Å²) in [7, 11) is -3.29. The molecule has 9 heteroatoms. The van der Waals surface area contributed by atoms with Crippen molar-refractivity contribution in [3.8, 4) is 11.4 Å². The van der Waals surface area contributed by atoms with Gasteiger partial charge in [0.15, 0.2) is 15.7 Å². The van der Waals surface area contributed by atoms with E-state index in [1.807, 2.05) is 18.3 Å². The van der Waals surface area contributed by atoms with E-state index in [2.05, 4.69) is 21.8 Å². The quantitative estimate of drug-likeness (QED) is 0.686. The van der Waals surface area contributed by atoms with E-state index in [1.165, 1.54) is 0 Å². The molecule has 3 aromatic rings. The van der Waals surface area contributed by atoms with Gasteiger partial charge in [-0.15, -0.1) is 0 Å². The predicted molar refractivity (Wildman–Crippen MR) is 115 cm³/mol. The minimum atomic E-state index is -3.29. The molecule has 5 heterocycles. The molecule has 8 nitrogen and oxygen atoms in total. The smallest absolute Gasteiger partial charge is 0.164 e. The molecule has 0 aromatic carbocycles. The molecule has 0 radical (unpaired) electrons. The van der Waals surface area contributed by atoms with Gasteiger partial charge in [0.25, 0.3) is 0 Å². The largest absolute Gasteiger partial charge is 0.377 e. The monoisotopic (exact) mass is 427 g/mol. The molecule has 1 N–H and O–H groups in total. The zero-order valence-corrected chi connectivity index (χ0v) is 17.9. The van der Waals surface area contributed by atoms with Gasteiger partial charge in [0.1, 0.15) is 10.6 Å². The van der Waals surface area contributed by atoms with Crippen LogP contribution in [0.4, 0.5) is 5.82 Å². The maximum atomic E-state index is 12.9. The van der Waals surface area contributed by atoms with Gasteiger partial charge in [0, 0.05) is 36.0 Å². The average molecular weight is 428 g/mol. The van der Waals surface area contributed by atoms with Gasteiger partial charge in [0.2, 0.25) is 0 Å². The summed E-state index contributed by atoms with van der Waals surface area (Å²) in [6.45, 7) is 5.81. The highest BCUT2D eigenvalue weighted by molar-refractivity contribution is 7.92. The lowest BCUT2D eigenvalue weighted by Crippen LogP contribution is -2.44. The second-order valence-electron chi connectivity index (χ2n) is 8.33. The second-order valence-corrected chi connectivity index (χ2v) is 10.9. The first-order chi connectivity index (χ1) is 14.4. The lowest BCUT2D eigenvalue weighted by molar-refractivity contribution is 0.0985. The van der Waals surface area contributed by atoms with Gasteiger partial charge in [-0.25, -0.2) is 18.4 Å². The number of anilines is 1. The lowest BCUT2D eigenvalue weighted by atomic mass is 10.0. The number of H-pyrrole nitrogens is 1. The van der Waals surface area contributed by atoms with Crippen LogP contribution in [-0.2, 0) is 19.3 Å². The highest BCUT2D eigenvalue weighted by Gasteiger charge is 2.46. The summed E-state index contributed by atoms with van der Waals surface area (Å²) >= 11 is 0. The molecule has 30 heavy (non-hydrogen) atoms. The SMILES string of the molecule is C[C@@H]1COCCN1c1cc([C@]2(C)CCCS2(=O)=O)nc(-c2cncc3[nH]ccc23)n1. The number of nitrogens with zero attached hydrogens (tertiary/aromatic N) is 4. The Morgan fingerprint density at radius 3 is 2.93 bits per heavy atom. The average Bonchev–Trinajstić information content (AvgIpc) is 3.32. The van der Waals surface area contributed by atoms with E-state index in [0.29, 0.717) is 44.1 Å². The molecule has 2 aliphatic heterocycles. The molecule has 158 valence electrons. The number of ether oxygens (including phenoxy) is 1. The Bertz CT molecular complexity index is 1210.